The molecule has 0 spiro atoms. The molecule has 0 aliphatic carbocycles. The first kappa shape index (κ1) is 20.5. The number of rotatable bonds is 7. The fourth-order valence-electron chi connectivity index (χ4n) is 3.39. The van der Waals surface area contributed by atoms with Gasteiger partial charge in [-0.25, -0.2) is 0 Å². The first-order valence-corrected chi connectivity index (χ1v) is 10.9. The van der Waals surface area contributed by atoms with Gasteiger partial charge >= 0.3 is 0 Å². The number of carbonyl (C=O) groups excluding carboxylic acids is 2. The zero-order valence-electron chi connectivity index (χ0n) is 16.5. The van der Waals surface area contributed by atoms with E-state index in [1.807, 2.05) is 40.1 Å². The van der Waals surface area contributed by atoms with Crippen LogP contribution in [0, 0.1) is 6.92 Å². The molecule has 0 unspecified atom stereocenters. The van der Waals surface area contributed by atoms with Crippen LogP contribution in [0.15, 0.2) is 59.5 Å². The van der Waals surface area contributed by atoms with E-state index in [-0.39, 0.29) is 11.8 Å². The zero-order chi connectivity index (χ0) is 19.8. The van der Waals surface area contributed by atoms with Crippen molar-refractivity contribution < 1.29 is 9.59 Å². The van der Waals surface area contributed by atoms with Gasteiger partial charge < -0.3 is 9.80 Å². The lowest BCUT2D eigenvalue weighted by molar-refractivity contribution is -0.138. The van der Waals surface area contributed by atoms with E-state index < -0.39 is 0 Å². The van der Waals surface area contributed by atoms with Gasteiger partial charge in [-0.05, 0) is 37.5 Å². The summed E-state index contributed by atoms with van der Waals surface area (Å²) < 4.78 is 0. The molecule has 1 heterocycles. The van der Waals surface area contributed by atoms with Crippen molar-refractivity contribution in [3.63, 3.8) is 0 Å². The fraction of sp³-hybridized carbons (Fsp3) is 0.391. The molecule has 2 aromatic rings. The van der Waals surface area contributed by atoms with E-state index in [0.29, 0.717) is 38.4 Å². The van der Waals surface area contributed by atoms with Crippen LogP contribution in [0.1, 0.15) is 24.0 Å². The van der Waals surface area contributed by atoms with Gasteiger partial charge in [-0.3, -0.25) is 9.59 Å². The van der Waals surface area contributed by atoms with E-state index in [4.69, 9.17) is 0 Å². The summed E-state index contributed by atoms with van der Waals surface area (Å²) in [6.45, 7) is 4.62. The standard InChI is InChI=1S/C23H28N2O2S/c1-19-7-5-11-21(17-19)28-18-23(27)25-15-13-24(14-16-25)22(26)12-6-10-20-8-3-2-4-9-20/h2-5,7-9,11,17H,6,10,12-16,18H2,1H3. The predicted molar refractivity (Wildman–Crippen MR) is 114 cm³/mol. The number of nitrogens with zero attached hydrogens (tertiary/aromatic N) is 2. The van der Waals surface area contributed by atoms with Crippen LogP contribution in [0.2, 0.25) is 0 Å². The van der Waals surface area contributed by atoms with Crippen molar-refractivity contribution in [2.45, 2.75) is 31.1 Å². The van der Waals surface area contributed by atoms with Crippen LogP contribution in [-0.2, 0) is 16.0 Å². The maximum atomic E-state index is 12.5. The Balaban J connectivity index is 1.36. The summed E-state index contributed by atoms with van der Waals surface area (Å²) in [6, 6.07) is 18.5. The van der Waals surface area contributed by atoms with E-state index in [9.17, 15) is 9.59 Å². The first-order chi connectivity index (χ1) is 13.6. The van der Waals surface area contributed by atoms with E-state index in [1.54, 1.807) is 11.8 Å². The summed E-state index contributed by atoms with van der Waals surface area (Å²) in [6.07, 6.45) is 2.38. The average molecular weight is 397 g/mol. The van der Waals surface area contributed by atoms with E-state index in [0.717, 1.165) is 17.7 Å². The van der Waals surface area contributed by atoms with Crippen molar-refractivity contribution in [2.24, 2.45) is 0 Å². The molecule has 3 rings (SSSR count). The van der Waals surface area contributed by atoms with Crippen molar-refractivity contribution in [3.8, 4) is 0 Å². The molecule has 0 radical (unpaired) electrons. The van der Waals surface area contributed by atoms with Gasteiger partial charge in [0, 0.05) is 37.5 Å². The van der Waals surface area contributed by atoms with Crippen LogP contribution in [0.25, 0.3) is 0 Å². The first-order valence-electron chi connectivity index (χ1n) is 9.91. The molecule has 0 N–H and O–H groups in total. The third kappa shape index (κ3) is 6.13. The monoisotopic (exact) mass is 396 g/mol. The van der Waals surface area contributed by atoms with Crippen molar-refractivity contribution in [1.29, 1.82) is 0 Å². The van der Waals surface area contributed by atoms with Crippen molar-refractivity contribution >= 4 is 23.6 Å². The number of hydrogen-bond donors (Lipinski definition) is 0. The molecule has 0 saturated carbocycles. The highest BCUT2D eigenvalue weighted by molar-refractivity contribution is 8.00. The molecule has 1 saturated heterocycles. The molecule has 2 aromatic carbocycles. The van der Waals surface area contributed by atoms with Crippen molar-refractivity contribution in [1.82, 2.24) is 9.80 Å². The van der Waals surface area contributed by atoms with Gasteiger partial charge in [-0.15, -0.1) is 11.8 Å². The number of carbonyl (C=O) groups is 2. The van der Waals surface area contributed by atoms with Gasteiger partial charge in [0.2, 0.25) is 11.8 Å². The van der Waals surface area contributed by atoms with Gasteiger partial charge in [-0.2, -0.15) is 0 Å². The van der Waals surface area contributed by atoms with Crippen LogP contribution >= 0.6 is 11.8 Å². The Morgan fingerprint density at radius 2 is 1.57 bits per heavy atom. The highest BCUT2D eigenvalue weighted by Gasteiger charge is 2.23. The molecule has 2 amide bonds. The minimum atomic E-state index is 0.155. The molecule has 28 heavy (non-hydrogen) atoms. The van der Waals surface area contributed by atoms with Crippen LogP contribution in [-0.4, -0.2) is 53.5 Å². The Labute approximate surface area is 171 Å². The zero-order valence-corrected chi connectivity index (χ0v) is 17.3. The second-order valence-electron chi connectivity index (χ2n) is 7.21. The van der Waals surface area contributed by atoms with Crippen LogP contribution in [0.3, 0.4) is 0 Å². The highest BCUT2D eigenvalue weighted by atomic mass is 32.2. The number of hydrogen-bond acceptors (Lipinski definition) is 3. The van der Waals surface area contributed by atoms with Crippen LogP contribution in [0.4, 0.5) is 0 Å². The fourth-order valence-corrected chi connectivity index (χ4v) is 4.31. The maximum Gasteiger partial charge on any atom is 0.233 e. The van der Waals surface area contributed by atoms with Crippen molar-refractivity contribution in [2.75, 3.05) is 31.9 Å². The summed E-state index contributed by atoms with van der Waals surface area (Å²) in [5.41, 5.74) is 2.48. The van der Waals surface area contributed by atoms with Gasteiger partial charge in [0.1, 0.15) is 0 Å². The maximum absolute atomic E-state index is 12.5. The normalized spacial score (nSPS) is 14.2. The highest BCUT2D eigenvalue weighted by Crippen LogP contribution is 2.20. The summed E-state index contributed by atoms with van der Waals surface area (Å²) >= 11 is 1.58. The molecule has 148 valence electrons. The Bertz CT molecular complexity index is 786. The number of piperazine rings is 1. The molecule has 1 aliphatic rings. The molecule has 4 nitrogen and oxygen atoms in total. The molecular formula is C23H28N2O2S. The summed E-state index contributed by atoms with van der Waals surface area (Å²) in [5, 5.41) is 0. The topological polar surface area (TPSA) is 40.6 Å². The van der Waals surface area contributed by atoms with Gasteiger partial charge in [0.15, 0.2) is 0 Å². The summed E-state index contributed by atoms with van der Waals surface area (Å²) in [4.78, 5) is 29.8. The second kappa shape index (κ2) is 10.3. The summed E-state index contributed by atoms with van der Waals surface area (Å²) in [5.74, 6) is 0.814. The van der Waals surface area contributed by atoms with E-state index in [2.05, 4.69) is 31.2 Å². The minimum absolute atomic E-state index is 0.155. The lowest BCUT2D eigenvalue weighted by atomic mass is 10.1. The molecule has 1 fully saturated rings. The Kier molecular flexibility index (Phi) is 7.54. The lowest BCUT2D eigenvalue weighted by Gasteiger charge is -2.35. The number of thioether (sulfide) groups is 1. The van der Waals surface area contributed by atoms with Gasteiger partial charge in [0.25, 0.3) is 0 Å². The number of benzene rings is 2. The smallest absolute Gasteiger partial charge is 0.233 e. The molecular weight excluding hydrogens is 368 g/mol. The predicted octanol–water partition coefficient (Wildman–Crippen LogP) is 3.78. The Morgan fingerprint density at radius 3 is 2.25 bits per heavy atom. The average Bonchev–Trinajstić information content (AvgIpc) is 2.73. The number of aryl methyl sites for hydroxylation is 2. The summed E-state index contributed by atoms with van der Waals surface area (Å²) in [7, 11) is 0. The molecule has 1 aliphatic heterocycles. The SMILES string of the molecule is Cc1cccc(SCC(=O)N2CCN(C(=O)CCCc3ccccc3)CC2)c1. The van der Waals surface area contributed by atoms with Gasteiger partial charge in [0.05, 0.1) is 5.75 Å². The van der Waals surface area contributed by atoms with E-state index in [1.165, 1.54) is 11.1 Å². The Hall–Kier alpha value is -2.27. The number of amides is 2. The minimum Gasteiger partial charge on any atom is -0.339 e. The molecule has 0 bridgehead atoms. The van der Waals surface area contributed by atoms with Crippen LogP contribution < -0.4 is 0 Å². The second-order valence-corrected chi connectivity index (χ2v) is 8.25. The molecule has 0 aromatic heterocycles. The van der Waals surface area contributed by atoms with Gasteiger partial charge in [-0.1, -0.05) is 48.0 Å². The van der Waals surface area contributed by atoms with Crippen LogP contribution in [0.5, 0.6) is 0 Å². The van der Waals surface area contributed by atoms with Crippen molar-refractivity contribution in [3.05, 3.63) is 65.7 Å². The largest absolute Gasteiger partial charge is 0.339 e. The van der Waals surface area contributed by atoms with E-state index >= 15 is 0 Å². The molecule has 0 atom stereocenters. The Morgan fingerprint density at radius 1 is 0.893 bits per heavy atom. The third-order valence-corrected chi connectivity index (χ3v) is 6.01. The quantitative estimate of drug-likeness (QED) is 0.669. The third-order valence-electron chi connectivity index (χ3n) is 5.04. The molecule has 5 heteroatoms. The lowest BCUT2D eigenvalue weighted by Crippen LogP contribution is -2.51.